The van der Waals surface area contributed by atoms with Crippen LogP contribution in [0.1, 0.15) is 32.4 Å². The summed E-state index contributed by atoms with van der Waals surface area (Å²) in [5.41, 5.74) is 2.42. The van der Waals surface area contributed by atoms with Crippen molar-refractivity contribution in [3.05, 3.63) is 45.2 Å². The first kappa shape index (κ1) is 20.1. The van der Waals surface area contributed by atoms with Gasteiger partial charge in [-0.2, -0.15) is 0 Å². The Morgan fingerprint density at radius 2 is 1.89 bits per heavy atom. The van der Waals surface area contributed by atoms with Crippen LogP contribution in [-0.4, -0.2) is 36.2 Å². The molecule has 148 valence electrons. The van der Waals surface area contributed by atoms with E-state index in [9.17, 15) is 9.59 Å². The van der Waals surface area contributed by atoms with Crippen LogP contribution in [0.15, 0.2) is 29.1 Å². The SMILES string of the molecule is CCOC(=O)Cn1c2nc(C(C)C)ccc2c(=O)c2ccc(Cl)c(N(C)C)c21. The molecular formula is C21H24ClN3O3. The average molecular weight is 402 g/mol. The second kappa shape index (κ2) is 7.80. The average Bonchev–Trinajstić information content (AvgIpc) is 2.64. The fraction of sp³-hybridized carbons (Fsp3) is 0.381. The summed E-state index contributed by atoms with van der Waals surface area (Å²) >= 11 is 6.46. The number of hydrogen-bond donors (Lipinski definition) is 0. The highest BCUT2D eigenvalue weighted by Gasteiger charge is 2.21. The van der Waals surface area contributed by atoms with Crippen molar-refractivity contribution >= 4 is 45.2 Å². The van der Waals surface area contributed by atoms with Gasteiger partial charge in [-0.3, -0.25) is 9.59 Å². The van der Waals surface area contributed by atoms with Gasteiger partial charge in [-0.25, -0.2) is 4.98 Å². The Balaban J connectivity index is 2.52. The first-order valence-electron chi connectivity index (χ1n) is 9.24. The lowest BCUT2D eigenvalue weighted by molar-refractivity contribution is -0.143. The molecule has 3 rings (SSSR count). The van der Waals surface area contributed by atoms with E-state index in [1.807, 2.05) is 38.9 Å². The van der Waals surface area contributed by atoms with Gasteiger partial charge in [0.15, 0.2) is 5.43 Å². The quantitative estimate of drug-likeness (QED) is 0.478. The van der Waals surface area contributed by atoms with Crippen molar-refractivity contribution in [1.82, 2.24) is 9.55 Å². The van der Waals surface area contributed by atoms with E-state index in [4.69, 9.17) is 21.3 Å². The van der Waals surface area contributed by atoms with Crippen molar-refractivity contribution in [2.24, 2.45) is 0 Å². The number of aromatic nitrogens is 2. The Labute approximate surface area is 168 Å². The molecule has 0 aliphatic heterocycles. The third-order valence-corrected chi connectivity index (χ3v) is 4.95. The lowest BCUT2D eigenvalue weighted by Crippen LogP contribution is -2.22. The summed E-state index contributed by atoms with van der Waals surface area (Å²) in [6, 6.07) is 7.05. The normalized spacial score (nSPS) is 11.4. The van der Waals surface area contributed by atoms with Crippen LogP contribution in [0.2, 0.25) is 5.02 Å². The number of carbonyl (C=O) groups is 1. The largest absolute Gasteiger partial charge is 0.465 e. The predicted octanol–water partition coefficient (Wildman–Crippen LogP) is 3.96. The summed E-state index contributed by atoms with van der Waals surface area (Å²) < 4.78 is 6.92. The van der Waals surface area contributed by atoms with Crippen LogP contribution in [0.25, 0.3) is 21.9 Å². The molecule has 0 radical (unpaired) electrons. The number of carbonyl (C=O) groups excluding carboxylic acids is 1. The highest BCUT2D eigenvalue weighted by atomic mass is 35.5. The van der Waals surface area contributed by atoms with Gasteiger partial charge >= 0.3 is 5.97 Å². The van der Waals surface area contributed by atoms with Crippen molar-refractivity contribution in [1.29, 1.82) is 0 Å². The lowest BCUT2D eigenvalue weighted by atomic mass is 10.1. The second-order valence-electron chi connectivity index (χ2n) is 7.17. The Hall–Kier alpha value is -2.60. The van der Waals surface area contributed by atoms with Gasteiger partial charge in [0.2, 0.25) is 0 Å². The molecule has 6 nitrogen and oxygen atoms in total. The van der Waals surface area contributed by atoms with Crippen molar-refractivity contribution in [2.75, 3.05) is 25.6 Å². The zero-order valence-corrected chi connectivity index (χ0v) is 17.5. The van der Waals surface area contributed by atoms with Gasteiger partial charge < -0.3 is 14.2 Å². The molecule has 0 N–H and O–H groups in total. The van der Waals surface area contributed by atoms with E-state index in [2.05, 4.69) is 0 Å². The van der Waals surface area contributed by atoms with Gasteiger partial charge in [0.05, 0.1) is 28.2 Å². The number of nitrogens with zero attached hydrogens (tertiary/aromatic N) is 3. The first-order valence-corrected chi connectivity index (χ1v) is 9.62. The van der Waals surface area contributed by atoms with Crippen LogP contribution in [0, 0.1) is 0 Å². The number of hydrogen-bond acceptors (Lipinski definition) is 5. The van der Waals surface area contributed by atoms with Crippen LogP contribution in [0.3, 0.4) is 0 Å². The molecule has 3 aromatic rings. The summed E-state index contributed by atoms with van der Waals surface area (Å²) in [6.07, 6.45) is 0. The van der Waals surface area contributed by atoms with Crippen molar-refractivity contribution in [3.8, 4) is 0 Å². The minimum atomic E-state index is -0.393. The first-order chi connectivity index (χ1) is 13.3. The Kier molecular flexibility index (Phi) is 5.61. The van der Waals surface area contributed by atoms with E-state index in [-0.39, 0.29) is 24.5 Å². The summed E-state index contributed by atoms with van der Waals surface area (Å²) in [6.45, 7) is 6.05. The third kappa shape index (κ3) is 3.44. The zero-order chi connectivity index (χ0) is 20.6. The second-order valence-corrected chi connectivity index (χ2v) is 7.58. The maximum absolute atomic E-state index is 13.2. The van der Waals surface area contributed by atoms with Crippen molar-refractivity contribution < 1.29 is 9.53 Å². The van der Waals surface area contributed by atoms with E-state index in [0.29, 0.717) is 32.6 Å². The smallest absolute Gasteiger partial charge is 0.326 e. The molecule has 7 heteroatoms. The molecule has 0 atom stereocenters. The molecular weight excluding hydrogens is 378 g/mol. The minimum Gasteiger partial charge on any atom is -0.465 e. The molecule has 0 unspecified atom stereocenters. The summed E-state index contributed by atoms with van der Waals surface area (Å²) in [7, 11) is 3.70. The number of pyridine rings is 2. The Bertz CT molecular complexity index is 1120. The number of benzene rings is 1. The van der Waals surface area contributed by atoms with E-state index < -0.39 is 5.97 Å². The number of esters is 1. The zero-order valence-electron chi connectivity index (χ0n) is 16.7. The molecule has 28 heavy (non-hydrogen) atoms. The Morgan fingerprint density at radius 3 is 2.50 bits per heavy atom. The standard InChI is InChI=1S/C21H24ClN3O3/c1-6-28-17(26)11-25-18-13(7-9-15(22)19(18)24(4)5)20(27)14-8-10-16(12(2)3)23-21(14)25/h7-10,12H,6,11H2,1-5H3. The molecule has 1 aromatic carbocycles. The van der Waals surface area contributed by atoms with Gasteiger partial charge in [0.1, 0.15) is 12.2 Å². The molecule has 0 amide bonds. The molecule has 0 fully saturated rings. The van der Waals surface area contributed by atoms with Crippen molar-refractivity contribution in [3.63, 3.8) is 0 Å². The Morgan fingerprint density at radius 1 is 1.21 bits per heavy atom. The van der Waals surface area contributed by atoms with E-state index in [1.54, 1.807) is 29.7 Å². The molecule has 0 aliphatic carbocycles. The van der Waals surface area contributed by atoms with Crippen LogP contribution < -0.4 is 10.3 Å². The highest BCUT2D eigenvalue weighted by molar-refractivity contribution is 6.35. The van der Waals surface area contributed by atoms with Gasteiger partial charge in [-0.1, -0.05) is 25.4 Å². The maximum Gasteiger partial charge on any atom is 0.326 e. The van der Waals surface area contributed by atoms with Crippen LogP contribution in [0.5, 0.6) is 0 Å². The monoisotopic (exact) mass is 401 g/mol. The molecule has 2 aromatic heterocycles. The fourth-order valence-corrected chi connectivity index (χ4v) is 3.67. The number of ether oxygens (including phenoxy) is 1. The molecule has 0 bridgehead atoms. The number of anilines is 1. The van der Waals surface area contributed by atoms with E-state index >= 15 is 0 Å². The molecule has 0 spiro atoms. The van der Waals surface area contributed by atoms with Crippen LogP contribution in [-0.2, 0) is 16.1 Å². The van der Waals surface area contributed by atoms with E-state index in [1.165, 1.54) is 0 Å². The molecule has 0 saturated carbocycles. The van der Waals surface area contributed by atoms with Gasteiger partial charge in [0.25, 0.3) is 0 Å². The summed E-state index contributed by atoms with van der Waals surface area (Å²) in [4.78, 5) is 32.1. The topological polar surface area (TPSA) is 64.4 Å². The van der Waals surface area contributed by atoms with Gasteiger partial charge in [-0.05, 0) is 37.1 Å². The van der Waals surface area contributed by atoms with E-state index in [0.717, 1.165) is 5.69 Å². The number of fused-ring (bicyclic) bond motifs is 2. The maximum atomic E-state index is 13.2. The fourth-order valence-electron chi connectivity index (χ4n) is 3.35. The number of halogens is 1. The lowest BCUT2D eigenvalue weighted by Gasteiger charge is -2.22. The highest BCUT2D eigenvalue weighted by Crippen LogP contribution is 2.34. The molecule has 2 heterocycles. The van der Waals surface area contributed by atoms with Crippen LogP contribution in [0.4, 0.5) is 5.69 Å². The number of rotatable bonds is 5. The summed E-state index contributed by atoms with van der Waals surface area (Å²) in [5.74, 6) is -0.214. The minimum absolute atomic E-state index is 0.0587. The predicted molar refractivity (Wildman–Crippen MR) is 114 cm³/mol. The molecule has 0 aliphatic rings. The summed E-state index contributed by atoms with van der Waals surface area (Å²) in [5, 5.41) is 1.45. The molecule has 0 saturated heterocycles. The van der Waals surface area contributed by atoms with Gasteiger partial charge in [0, 0.05) is 25.2 Å². The van der Waals surface area contributed by atoms with Crippen LogP contribution >= 0.6 is 11.6 Å². The third-order valence-electron chi connectivity index (χ3n) is 4.64. The van der Waals surface area contributed by atoms with Gasteiger partial charge in [-0.15, -0.1) is 0 Å². The van der Waals surface area contributed by atoms with Crippen molar-refractivity contribution in [2.45, 2.75) is 33.2 Å².